The van der Waals surface area contributed by atoms with Crippen LogP contribution in [0.5, 0.6) is 0 Å². The molecule has 4 rings (SSSR count). The Balaban J connectivity index is 1.68. The second-order valence-electron chi connectivity index (χ2n) is 6.45. The molecule has 1 aliphatic heterocycles. The molecule has 3 aromatic rings. The summed E-state index contributed by atoms with van der Waals surface area (Å²) in [6.07, 6.45) is 9.35. The number of imidazole rings is 1. The topological polar surface area (TPSA) is 90.2 Å². The molecular weight excluding hydrogens is 376 g/mol. The van der Waals surface area contributed by atoms with E-state index >= 15 is 0 Å². The molecule has 4 heterocycles. The lowest BCUT2D eigenvalue weighted by atomic mass is 10.0. The number of hydrogen-bond donors (Lipinski definition) is 2. The Morgan fingerprint density at radius 1 is 1.29 bits per heavy atom. The van der Waals surface area contributed by atoms with Crippen molar-refractivity contribution in [2.75, 3.05) is 6.54 Å². The van der Waals surface area contributed by atoms with E-state index in [1.54, 1.807) is 29.4 Å². The average molecular weight is 395 g/mol. The van der Waals surface area contributed by atoms with Crippen LogP contribution < -0.4 is 4.57 Å². The van der Waals surface area contributed by atoms with Crippen molar-refractivity contribution in [3.63, 3.8) is 0 Å². The second kappa shape index (κ2) is 7.77. The number of carbonyl (C=O) groups excluding carboxylic acids is 2. The second-order valence-corrected chi connectivity index (χ2v) is 7.43. The number of thiophene rings is 1. The number of amides is 1. The largest absolute Gasteiger partial charge is 0.507 e. The molecule has 0 radical (unpaired) electrons. The Bertz CT molecular complexity index is 998. The van der Waals surface area contributed by atoms with Crippen LogP contribution in [0.3, 0.4) is 0 Å². The molecule has 0 aliphatic carbocycles. The summed E-state index contributed by atoms with van der Waals surface area (Å²) in [5.74, 6) is -1.39. The number of ketones is 1. The van der Waals surface area contributed by atoms with Gasteiger partial charge in [-0.15, -0.1) is 11.3 Å². The summed E-state index contributed by atoms with van der Waals surface area (Å²) in [7, 11) is 0. The minimum Gasteiger partial charge on any atom is -0.507 e. The summed E-state index contributed by atoms with van der Waals surface area (Å²) in [4.78, 5) is 34.9. The van der Waals surface area contributed by atoms with E-state index < -0.39 is 17.7 Å². The van der Waals surface area contributed by atoms with Gasteiger partial charge in [-0.25, -0.2) is 4.57 Å². The number of pyridine rings is 1. The number of H-pyrrole nitrogens is 1. The van der Waals surface area contributed by atoms with Crippen molar-refractivity contribution in [1.29, 1.82) is 0 Å². The van der Waals surface area contributed by atoms with E-state index in [9.17, 15) is 14.7 Å². The number of aromatic nitrogens is 3. The maximum atomic E-state index is 12.8. The lowest BCUT2D eigenvalue weighted by molar-refractivity contribution is -0.695. The molecule has 3 aromatic heterocycles. The Morgan fingerprint density at radius 3 is 2.79 bits per heavy atom. The molecule has 2 N–H and O–H groups in total. The van der Waals surface area contributed by atoms with E-state index in [4.69, 9.17) is 0 Å². The molecule has 1 amide bonds. The number of aliphatic hydroxyl groups excluding tert-OH is 1. The van der Waals surface area contributed by atoms with Gasteiger partial charge in [0.05, 0.1) is 18.2 Å². The van der Waals surface area contributed by atoms with Crippen LogP contribution in [0.25, 0.3) is 5.76 Å². The normalized spacial score (nSPS) is 18.7. The highest BCUT2D eigenvalue weighted by molar-refractivity contribution is 7.10. The summed E-state index contributed by atoms with van der Waals surface area (Å²) in [6.45, 7) is 1.13. The van der Waals surface area contributed by atoms with Gasteiger partial charge in [-0.1, -0.05) is 6.07 Å². The zero-order valence-corrected chi connectivity index (χ0v) is 15.8. The van der Waals surface area contributed by atoms with E-state index in [-0.39, 0.29) is 11.3 Å². The molecule has 28 heavy (non-hydrogen) atoms. The molecule has 0 aromatic carbocycles. The van der Waals surface area contributed by atoms with Crippen molar-refractivity contribution >= 4 is 28.8 Å². The average Bonchev–Trinajstić information content (AvgIpc) is 3.46. The predicted octanol–water partition coefficient (Wildman–Crippen LogP) is 2.27. The van der Waals surface area contributed by atoms with Gasteiger partial charge >= 0.3 is 0 Å². The molecule has 0 bridgehead atoms. The molecule has 7 nitrogen and oxygen atoms in total. The number of Topliss-reactive ketones (excluding diaryl/α,β-unsaturated/α-hetero) is 1. The van der Waals surface area contributed by atoms with E-state index in [1.165, 1.54) is 11.3 Å². The van der Waals surface area contributed by atoms with Crippen LogP contribution in [-0.4, -0.2) is 38.2 Å². The summed E-state index contributed by atoms with van der Waals surface area (Å²) >= 11 is 1.46. The molecule has 1 aliphatic rings. The number of carbonyl (C=O) groups is 2. The first-order valence-corrected chi connectivity index (χ1v) is 9.79. The van der Waals surface area contributed by atoms with Crippen LogP contribution >= 0.6 is 11.3 Å². The molecule has 142 valence electrons. The first-order valence-electron chi connectivity index (χ1n) is 8.91. The Kier molecular flexibility index (Phi) is 5.03. The van der Waals surface area contributed by atoms with Gasteiger partial charge in [0.2, 0.25) is 6.33 Å². The number of likely N-dealkylation sites (tertiary alicyclic amines) is 1. The van der Waals surface area contributed by atoms with Crippen molar-refractivity contribution in [1.82, 2.24) is 14.9 Å². The standard InChI is InChI=1S/C20H18N4O3S/c25-18(14-4-6-21-7-5-14)16-17(15-3-1-12-28-15)24(20(27)19(16)26)10-2-9-23-11-8-22-13-23/h1,3-8,11-13,17H,2,9-10H2,(H,25,26)/p+1. The van der Waals surface area contributed by atoms with Gasteiger partial charge < -0.3 is 10.0 Å². The molecule has 1 saturated heterocycles. The summed E-state index contributed by atoms with van der Waals surface area (Å²) in [5, 5.41) is 12.7. The third-order valence-corrected chi connectivity index (χ3v) is 5.65. The van der Waals surface area contributed by atoms with E-state index in [1.807, 2.05) is 40.8 Å². The molecule has 0 spiro atoms. The van der Waals surface area contributed by atoms with Gasteiger partial charge in [-0.2, -0.15) is 0 Å². The zero-order valence-electron chi connectivity index (χ0n) is 15.0. The van der Waals surface area contributed by atoms with Crippen molar-refractivity contribution in [2.45, 2.75) is 19.0 Å². The molecular formula is C20H19N4O3S+. The Morgan fingerprint density at radius 2 is 2.11 bits per heavy atom. The van der Waals surface area contributed by atoms with Gasteiger partial charge in [0.1, 0.15) is 18.2 Å². The fourth-order valence-corrected chi connectivity index (χ4v) is 4.25. The fourth-order valence-electron chi connectivity index (χ4n) is 3.40. The zero-order chi connectivity index (χ0) is 19.5. The van der Waals surface area contributed by atoms with Gasteiger partial charge in [-0.3, -0.25) is 19.6 Å². The van der Waals surface area contributed by atoms with Crippen LogP contribution in [0.15, 0.2) is 66.3 Å². The number of nitrogens with one attached hydrogen (secondary N) is 1. The minimum atomic E-state index is -0.651. The molecule has 0 saturated carbocycles. The van der Waals surface area contributed by atoms with Gasteiger partial charge in [-0.05, 0) is 23.6 Å². The lowest BCUT2D eigenvalue weighted by Gasteiger charge is -2.23. The van der Waals surface area contributed by atoms with Gasteiger partial charge in [0, 0.05) is 35.8 Å². The van der Waals surface area contributed by atoms with Gasteiger partial charge in [0.25, 0.3) is 11.7 Å². The van der Waals surface area contributed by atoms with Crippen molar-refractivity contribution in [3.05, 3.63) is 76.8 Å². The quantitative estimate of drug-likeness (QED) is 0.290. The van der Waals surface area contributed by atoms with Crippen LogP contribution in [0.2, 0.25) is 0 Å². The first-order chi connectivity index (χ1) is 13.7. The maximum absolute atomic E-state index is 12.8. The summed E-state index contributed by atoms with van der Waals surface area (Å²) in [6, 6.07) is 6.43. The third-order valence-electron chi connectivity index (χ3n) is 4.72. The van der Waals surface area contributed by atoms with E-state index in [0.29, 0.717) is 25.1 Å². The van der Waals surface area contributed by atoms with Crippen LogP contribution in [-0.2, 0) is 16.1 Å². The number of rotatable bonds is 6. The highest BCUT2D eigenvalue weighted by atomic mass is 32.1. The molecule has 8 heteroatoms. The lowest BCUT2D eigenvalue weighted by Crippen LogP contribution is -2.35. The predicted molar refractivity (Wildman–Crippen MR) is 103 cm³/mol. The highest BCUT2D eigenvalue weighted by Crippen LogP contribution is 2.40. The molecule has 1 atom stereocenters. The number of aromatic amines is 1. The minimum absolute atomic E-state index is 0.132. The SMILES string of the molecule is O=C1C(=O)N(CCC[n+]2cc[nH]c2)C(c2cccs2)C1=C(O)c1ccncc1. The molecule has 1 unspecified atom stereocenters. The molecule has 1 fully saturated rings. The Labute approximate surface area is 165 Å². The number of aryl methyl sites for hydroxylation is 1. The first kappa shape index (κ1) is 18.1. The third kappa shape index (κ3) is 3.34. The number of aliphatic hydroxyl groups is 1. The van der Waals surface area contributed by atoms with Crippen LogP contribution in [0, 0.1) is 0 Å². The maximum Gasteiger partial charge on any atom is 0.295 e. The summed E-state index contributed by atoms with van der Waals surface area (Å²) in [5.41, 5.74) is 0.602. The fraction of sp³-hybridized carbons (Fsp3) is 0.200. The van der Waals surface area contributed by atoms with E-state index in [0.717, 1.165) is 4.88 Å². The highest BCUT2D eigenvalue weighted by Gasteiger charge is 2.46. The van der Waals surface area contributed by atoms with Crippen LogP contribution in [0.1, 0.15) is 22.9 Å². The van der Waals surface area contributed by atoms with Gasteiger partial charge in [0.15, 0.2) is 0 Å². The van der Waals surface area contributed by atoms with Crippen LogP contribution in [0.4, 0.5) is 0 Å². The summed E-state index contributed by atoms with van der Waals surface area (Å²) < 4.78 is 1.98. The van der Waals surface area contributed by atoms with Crippen molar-refractivity contribution in [2.24, 2.45) is 0 Å². The smallest absolute Gasteiger partial charge is 0.295 e. The van der Waals surface area contributed by atoms with E-state index in [2.05, 4.69) is 9.97 Å². The number of hydrogen-bond acceptors (Lipinski definition) is 5. The van der Waals surface area contributed by atoms with Crippen molar-refractivity contribution < 1.29 is 19.3 Å². The number of nitrogens with zero attached hydrogens (tertiary/aromatic N) is 3. The monoisotopic (exact) mass is 395 g/mol. The van der Waals surface area contributed by atoms with Crippen molar-refractivity contribution in [3.8, 4) is 0 Å². The Hall–Kier alpha value is -3.26.